The Labute approximate surface area is 297 Å². The van der Waals surface area contributed by atoms with Gasteiger partial charge in [-0.25, -0.2) is 15.0 Å². The van der Waals surface area contributed by atoms with Crippen LogP contribution in [0, 0.1) is 0 Å². The molecule has 0 fully saturated rings. The molecule has 5 nitrogen and oxygen atoms in total. The van der Waals surface area contributed by atoms with Gasteiger partial charge in [0.25, 0.3) is 0 Å². The van der Waals surface area contributed by atoms with Crippen molar-refractivity contribution in [3.63, 3.8) is 0 Å². The maximum atomic E-state index is 6.78. The van der Waals surface area contributed by atoms with Crippen LogP contribution in [0.15, 0.2) is 173 Å². The predicted octanol–water partition coefficient (Wildman–Crippen LogP) is 12.6. The van der Waals surface area contributed by atoms with Crippen LogP contribution in [0.1, 0.15) is 0 Å². The van der Waals surface area contributed by atoms with Gasteiger partial charge in [0.15, 0.2) is 17.5 Å². The first-order valence-electron chi connectivity index (χ1n) is 17.3. The lowest BCUT2D eigenvalue weighted by Crippen LogP contribution is -2.01. The Morgan fingerprint density at radius 3 is 1.88 bits per heavy atom. The van der Waals surface area contributed by atoms with E-state index in [1.165, 1.54) is 0 Å². The predicted molar refractivity (Wildman–Crippen MR) is 211 cm³/mol. The SMILES string of the molecule is c1ccc(-c2cc(-c3nc(-c4ccc5ccccc5c4)nc(-c4cccc5oc6ccccc6c45)n3)c3c(c2)oc2c4ccccc4ccc23)cc1. The standard InChI is InChI=1S/C47H27N3O2/c1-2-11-28(12-3-1)33-26-38(43-36-24-23-30-14-6-7-16-34(30)44(36)52-41(43)27-33)47-49-45(32-22-21-29-13-4-5-15-31(29)25-32)48-46(50-47)37-18-10-20-40-42(37)35-17-8-9-19-39(35)51-40/h1-27H. The van der Waals surface area contributed by atoms with Gasteiger partial charge in [0.1, 0.15) is 22.3 Å². The molecule has 0 saturated carbocycles. The van der Waals surface area contributed by atoms with E-state index in [0.717, 1.165) is 93.2 Å². The zero-order valence-corrected chi connectivity index (χ0v) is 27.7. The van der Waals surface area contributed by atoms with Crippen molar-refractivity contribution in [3.8, 4) is 45.3 Å². The van der Waals surface area contributed by atoms with Crippen molar-refractivity contribution in [2.24, 2.45) is 0 Å². The fourth-order valence-corrected chi connectivity index (χ4v) is 7.64. The third-order valence-electron chi connectivity index (χ3n) is 10.1. The quantitative estimate of drug-likeness (QED) is 0.187. The monoisotopic (exact) mass is 665 g/mol. The number of hydrogen-bond donors (Lipinski definition) is 0. The first-order valence-corrected chi connectivity index (χ1v) is 17.3. The number of rotatable bonds is 4. The molecule has 242 valence electrons. The van der Waals surface area contributed by atoms with Gasteiger partial charge in [-0.2, -0.15) is 0 Å². The molecule has 0 atom stereocenters. The molecule has 0 bridgehead atoms. The highest BCUT2D eigenvalue weighted by Gasteiger charge is 2.22. The molecule has 11 rings (SSSR count). The molecule has 0 spiro atoms. The van der Waals surface area contributed by atoms with Gasteiger partial charge in [-0.15, -0.1) is 0 Å². The van der Waals surface area contributed by atoms with Crippen LogP contribution < -0.4 is 0 Å². The highest BCUT2D eigenvalue weighted by molar-refractivity contribution is 6.19. The summed E-state index contributed by atoms with van der Waals surface area (Å²) in [4.78, 5) is 15.8. The number of fused-ring (bicyclic) bond motifs is 9. The second-order valence-corrected chi connectivity index (χ2v) is 13.2. The lowest BCUT2D eigenvalue weighted by molar-refractivity contribution is 0.669. The molecule has 0 saturated heterocycles. The minimum absolute atomic E-state index is 0.566. The summed E-state index contributed by atoms with van der Waals surface area (Å²) in [6.45, 7) is 0. The van der Waals surface area contributed by atoms with E-state index in [1.807, 2.05) is 36.4 Å². The van der Waals surface area contributed by atoms with Gasteiger partial charge >= 0.3 is 0 Å². The van der Waals surface area contributed by atoms with Gasteiger partial charge in [-0.05, 0) is 63.7 Å². The normalized spacial score (nSPS) is 11.8. The van der Waals surface area contributed by atoms with E-state index < -0.39 is 0 Å². The Kier molecular flexibility index (Phi) is 6.18. The Balaban J connectivity index is 1.25. The highest BCUT2D eigenvalue weighted by Crippen LogP contribution is 2.43. The molecule has 11 aromatic rings. The smallest absolute Gasteiger partial charge is 0.164 e. The van der Waals surface area contributed by atoms with Crippen molar-refractivity contribution in [3.05, 3.63) is 164 Å². The van der Waals surface area contributed by atoms with Gasteiger partial charge in [-0.1, -0.05) is 127 Å². The molecule has 0 N–H and O–H groups in total. The van der Waals surface area contributed by atoms with E-state index in [4.69, 9.17) is 23.8 Å². The van der Waals surface area contributed by atoms with Crippen molar-refractivity contribution < 1.29 is 8.83 Å². The third kappa shape index (κ3) is 4.46. The summed E-state index contributed by atoms with van der Waals surface area (Å²) in [7, 11) is 0. The Hall–Kier alpha value is -7.11. The zero-order chi connectivity index (χ0) is 34.2. The Bertz CT molecular complexity index is 3190. The summed E-state index contributed by atoms with van der Waals surface area (Å²) in [6.07, 6.45) is 0. The molecule has 3 heterocycles. The second-order valence-electron chi connectivity index (χ2n) is 13.2. The number of nitrogens with zero attached hydrogens (tertiary/aromatic N) is 3. The summed E-state index contributed by atoms with van der Waals surface area (Å²) in [5.41, 5.74) is 7.99. The number of furan rings is 2. The minimum Gasteiger partial charge on any atom is -0.456 e. The van der Waals surface area contributed by atoms with Crippen molar-refractivity contribution in [1.29, 1.82) is 0 Å². The van der Waals surface area contributed by atoms with Crippen LogP contribution in [0.3, 0.4) is 0 Å². The van der Waals surface area contributed by atoms with Crippen molar-refractivity contribution >= 4 is 65.4 Å². The molecule has 3 aromatic heterocycles. The maximum absolute atomic E-state index is 6.78. The van der Waals surface area contributed by atoms with Crippen molar-refractivity contribution in [2.75, 3.05) is 0 Å². The van der Waals surface area contributed by atoms with Crippen LogP contribution in [0.4, 0.5) is 0 Å². The van der Waals surface area contributed by atoms with E-state index in [0.29, 0.717) is 17.5 Å². The van der Waals surface area contributed by atoms with E-state index >= 15 is 0 Å². The van der Waals surface area contributed by atoms with Crippen LogP contribution in [-0.4, -0.2) is 15.0 Å². The first kappa shape index (κ1) is 28.7. The van der Waals surface area contributed by atoms with Crippen LogP contribution in [0.2, 0.25) is 0 Å². The minimum atomic E-state index is 0.566. The summed E-state index contributed by atoms with van der Waals surface area (Å²) in [5, 5.41) is 8.44. The van der Waals surface area contributed by atoms with Crippen LogP contribution in [0.25, 0.3) is 111 Å². The lowest BCUT2D eigenvalue weighted by atomic mass is 9.97. The average Bonchev–Trinajstić information content (AvgIpc) is 3.79. The van der Waals surface area contributed by atoms with Crippen molar-refractivity contribution in [2.45, 2.75) is 0 Å². The third-order valence-corrected chi connectivity index (χ3v) is 10.1. The molecule has 0 aliphatic carbocycles. The fraction of sp³-hybridized carbons (Fsp3) is 0. The number of benzene rings is 8. The zero-order valence-electron chi connectivity index (χ0n) is 27.7. The first-order chi connectivity index (χ1) is 25.7. The van der Waals surface area contributed by atoms with Gasteiger partial charge < -0.3 is 8.83 Å². The van der Waals surface area contributed by atoms with Gasteiger partial charge in [0.2, 0.25) is 0 Å². The van der Waals surface area contributed by atoms with E-state index in [9.17, 15) is 0 Å². The number of para-hydroxylation sites is 1. The van der Waals surface area contributed by atoms with Crippen molar-refractivity contribution in [1.82, 2.24) is 15.0 Å². The average molecular weight is 666 g/mol. The molecule has 5 heteroatoms. The summed E-state index contributed by atoms with van der Waals surface area (Å²) >= 11 is 0. The van der Waals surface area contributed by atoms with Crippen LogP contribution in [-0.2, 0) is 0 Å². The molecule has 0 amide bonds. The molecule has 0 radical (unpaired) electrons. The lowest BCUT2D eigenvalue weighted by Gasteiger charge is -2.12. The molecule has 0 aliphatic rings. The molecular formula is C47H27N3O2. The maximum Gasteiger partial charge on any atom is 0.164 e. The highest BCUT2D eigenvalue weighted by atomic mass is 16.3. The van der Waals surface area contributed by atoms with Gasteiger partial charge in [0, 0.05) is 43.6 Å². The number of aromatic nitrogens is 3. The Morgan fingerprint density at radius 1 is 0.327 bits per heavy atom. The summed E-state index contributed by atoms with van der Waals surface area (Å²) in [5.74, 6) is 1.73. The topological polar surface area (TPSA) is 65.0 Å². The van der Waals surface area contributed by atoms with Gasteiger partial charge in [0.05, 0.1) is 0 Å². The van der Waals surface area contributed by atoms with Gasteiger partial charge in [-0.3, -0.25) is 0 Å². The molecule has 0 aliphatic heterocycles. The summed E-state index contributed by atoms with van der Waals surface area (Å²) in [6, 6.07) is 56.3. The largest absolute Gasteiger partial charge is 0.456 e. The van der Waals surface area contributed by atoms with Crippen LogP contribution in [0.5, 0.6) is 0 Å². The Morgan fingerprint density at radius 2 is 1.00 bits per heavy atom. The second kappa shape index (κ2) is 11.2. The molecule has 8 aromatic carbocycles. The molecular weight excluding hydrogens is 639 g/mol. The number of hydrogen-bond acceptors (Lipinski definition) is 5. The fourth-order valence-electron chi connectivity index (χ4n) is 7.64. The van der Waals surface area contributed by atoms with Crippen LogP contribution >= 0.6 is 0 Å². The molecule has 0 unspecified atom stereocenters. The van der Waals surface area contributed by atoms with E-state index in [-0.39, 0.29) is 0 Å². The molecule has 52 heavy (non-hydrogen) atoms. The van der Waals surface area contributed by atoms with E-state index in [1.54, 1.807) is 0 Å². The van der Waals surface area contributed by atoms with E-state index in [2.05, 4.69) is 127 Å². The summed E-state index contributed by atoms with van der Waals surface area (Å²) < 4.78 is 13.1.